The summed E-state index contributed by atoms with van der Waals surface area (Å²) in [4.78, 5) is 33.8. The van der Waals surface area contributed by atoms with Crippen molar-refractivity contribution < 1.29 is 14.3 Å². The molecule has 0 saturated carbocycles. The number of ether oxygens (including phenoxy) is 1. The van der Waals surface area contributed by atoms with Crippen LogP contribution in [0.4, 0.5) is 0 Å². The van der Waals surface area contributed by atoms with Crippen molar-refractivity contribution in [2.75, 3.05) is 6.54 Å². The van der Waals surface area contributed by atoms with Crippen LogP contribution in [0.1, 0.15) is 16.1 Å². The Bertz CT molecular complexity index is 1650. The van der Waals surface area contributed by atoms with Gasteiger partial charge in [-0.05, 0) is 60.7 Å². The number of rotatable bonds is 9. The number of carbonyl (C=O) groups is 2. The van der Waals surface area contributed by atoms with Gasteiger partial charge < -0.3 is 20.4 Å². The van der Waals surface area contributed by atoms with E-state index in [1.54, 1.807) is 59.3 Å². The van der Waals surface area contributed by atoms with E-state index in [2.05, 4.69) is 10.3 Å². The maximum Gasteiger partial charge on any atom is 0.251 e. The third-order valence-corrected chi connectivity index (χ3v) is 6.32. The van der Waals surface area contributed by atoms with Gasteiger partial charge in [0, 0.05) is 46.0 Å². The number of nitrogens with two attached hydrogens (primary N) is 1. The first-order valence-corrected chi connectivity index (χ1v) is 12.8. The highest BCUT2D eigenvalue weighted by Crippen LogP contribution is 2.32. The second-order valence-corrected chi connectivity index (χ2v) is 9.63. The fourth-order valence-electron chi connectivity index (χ4n) is 4.18. The molecule has 5 aromatic rings. The number of benzene rings is 3. The maximum atomic E-state index is 12.8. The molecule has 0 aliphatic rings. The van der Waals surface area contributed by atoms with Gasteiger partial charge in [0.05, 0.1) is 11.0 Å². The molecule has 5 rings (SSSR count). The lowest BCUT2D eigenvalue weighted by atomic mass is 10.2. The van der Waals surface area contributed by atoms with Crippen molar-refractivity contribution in [3.05, 3.63) is 106 Å². The number of fused-ring (bicyclic) bond motifs is 1. The molecule has 0 saturated heterocycles. The van der Waals surface area contributed by atoms with Gasteiger partial charge in [-0.1, -0.05) is 41.4 Å². The lowest BCUT2D eigenvalue weighted by molar-refractivity contribution is -0.118. The van der Waals surface area contributed by atoms with Crippen LogP contribution in [-0.2, 0) is 17.8 Å². The van der Waals surface area contributed by atoms with Gasteiger partial charge in [0.1, 0.15) is 23.9 Å². The molecular formula is C29H23Cl2N5O3. The predicted octanol–water partition coefficient (Wildman–Crippen LogP) is 5.66. The molecule has 0 aliphatic carbocycles. The van der Waals surface area contributed by atoms with Gasteiger partial charge in [-0.25, -0.2) is 4.98 Å². The summed E-state index contributed by atoms with van der Waals surface area (Å²) >= 11 is 12.2. The molecule has 3 N–H and O–H groups in total. The van der Waals surface area contributed by atoms with Crippen molar-refractivity contribution in [3.8, 4) is 22.9 Å². The number of imidazole rings is 1. The highest BCUT2D eigenvalue weighted by atomic mass is 35.5. The quantitative estimate of drug-likeness (QED) is 0.242. The van der Waals surface area contributed by atoms with E-state index in [9.17, 15) is 9.59 Å². The third kappa shape index (κ3) is 6.37. The maximum absolute atomic E-state index is 12.8. The number of carbonyl (C=O) groups excluding carboxylic acids is 2. The van der Waals surface area contributed by atoms with Crippen molar-refractivity contribution in [1.29, 1.82) is 0 Å². The molecule has 0 bridgehead atoms. The van der Waals surface area contributed by atoms with Crippen molar-refractivity contribution in [1.82, 2.24) is 19.9 Å². The van der Waals surface area contributed by atoms with E-state index < -0.39 is 5.91 Å². The Morgan fingerprint density at radius 2 is 1.74 bits per heavy atom. The van der Waals surface area contributed by atoms with Crippen LogP contribution in [0.15, 0.2) is 85.1 Å². The van der Waals surface area contributed by atoms with E-state index in [-0.39, 0.29) is 12.5 Å². The molecule has 39 heavy (non-hydrogen) atoms. The molecule has 0 unspecified atom stereocenters. The fraction of sp³-hybridized carbons (Fsp3) is 0.103. The highest BCUT2D eigenvalue weighted by Gasteiger charge is 2.17. The standard InChI is InChI=1S/C29H23Cl2N5O3/c30-20-14-21(31)16-24(15-20)39-23-6-3-4-18(12-23)28-35-25-13-19(7-8-26(25)36(28)17-27(32)37)29(38)34-11-9-22-5-1-2-10-33-22/h1-8,10,12-16H,9,11,17H2,(H2,32,37)(H,34,38). The number of halogens is 2. The van der Waals surface area contributed by atoms with Crippen LogP contribution in [0.5, 0.6) is 11.5 Å². The lowest BCUT2D eigenvalue weighted by Crippen LogP contribution is -2.25. The largest absolute Gasteiger partial charge is 0.457 e. The first-order valence-electron chi connectivity index (χ1n) is 12.1. The summed E-state index contributed by atoms with van der Waals surface area (Å²) in [6.45, 7) is 0.357. The second kappa shape index (κ2) is 11.6. The Kier molecular flexibility index (Phi) is 7.76. The molecule has 8 nitrogen and oxygen atoms in total. The molecule has 0 radical (unpaired) electrons. The van der Waals surface area contributed by atoms with Gasteiger partial charge in [0.15, 0.2) is 0 Å². The Morgan fingerprint density at radius 3 is 2.49 bits per heavy atom. The van der Waals surface area contributed by atoms with Crippen molar-refractivity contribution >= 4 is 46.0 Å². The fourth-order valence-corrected chi connectivity index (χ4v) is 4.69. The Labute approximate surface area is 234 Å². The summed E-state index contributed by atoms with van der Waals surface area (Å²) < 4.78 is 7.68. The average molecular weight is 560 g/mol. The normalized spacial score (nSPS) is 10.9. The van der Waals surface area contributed by atoms with E-state index in [0.717, 1.165) is 5.69 Å². The SMILES string of the molecule is NC(=O)Cn1c(-c2cccc(Oc3cc(Cl)cc(Cl)c3)c2)nc2cc(C(=O)NCCc3ccccn3)ccc21. The molecule has 0 aliphatic heterocycles. The first-order chi connectivity index (χ1) is 18.9. The highest BCUT2D eigenvalue weighted by molar-refractivity contribution is 6.34. The summed E-state index contributed by atoms with van der Waals surface area (Å²) in [7, 11) is 0. The minimum Gasteiger partial charge on any atom is -0.457 e. The molecule has 0 fully saturated rings. The molecule has 10 heteroatoms. The van der Waals surface area contributed by atoms with E-state index in [4.69, 9.17) is 38.7 Å². The summed E-state index contributed by atoms with van der Waals surface area (Å²) in [6.07, 6.45) is 2.34. The number of nitrogens with zero attached hydrogens (tertiary/aromatic N) is 3. The lowest BCUT2D eigenvalue weighted by Gasteiger charge is -2.10. The van der Waals surface area contributed by atoms with E-state index in [0.29, 0.717) is 62.5 Å². The van der Waals surface area contributed by atoms with Crippen LogP contribution in [0.3, 0.4) is 0 Å². The van der Waals surface area contributed by atoms with E-state index in [1.165, 1.54) is 0 Å². The van der Waals surface area contributed by atoms with Crippen LogP contribution in [0.25, 0.3) is 22.4 Å². The summed E-state index contributed by atoms with van der Waals surface area (Å²) in [5, 5.41) is 3.82. The third-order valence-electron chi connectivity index (χ3n) is 5.88. The number of amides is 2. The minimum atomic E-state index is -0.520. The van der Waals surface area contributed by atoms with Gasteiger partial charge in [-0.15, -0.1) is 0 Å². The molecule has 196 valence electrons. The summed E-state index contributed by atoms with van der Waals surface area (Å²) in [5.74, 6) is 0.763. The van der Waals surface area contributed by atoms with Gasteiger partial charge in [-0.2, -0.15) is 0 Å². The minimum absolute atomic E-state index is 0.0869. The Hall–Kier alpha value is -4.40. The van der Waals surface area contributed by atoms with Crippen molar-refractivity contribution in [2.24, 2.45) is 5.73 Å². The molecule has 2 heterocycles. The summed E-state index contributed by atoms with van der Waals surface area (Å²) in [6, 6.07) is 23.0. The Morgan fingerprint density at radius 1 is 0.923 bits per heavy atom. The molecule has 3 aromatic carbocycles. The molecular weight excluding hydrogens is 537 g/mol. The van der Waals surface area contributed by atoms with Crippen molar-refractivity contribution in [3.63, 3.8) is 0 Å². The van der Waals surface area contributed by atoms with E-state index >= 15 is 0 Å². The van der Waals surface area contributed by atoms with Crippen LogP contribution in [0.2, 0.25) is 10.0 Å². The topological polar surface area (TPSA) is 112 Å². The molecule has 0 spiro atoms. The zero-order valence-electron chi connectivity index (χ0n) is 20.6. The van der Waals surface area contributed by atoms with Crippen LogP contribution in [-0.4, -0.2) is 32.9 Å². The monoisotopic (exact) mass is 559 g/mol. The first kappa shape index (κ1) is 26.2. The van der Waals surface area contributed by atoms with Gasteiger partial charge >= 0.3 is 0 Å². The van der Waals surface area contributed by atoms with Crippen molar-refractivity contribution in [2.45, 2.75) is 13.0 Å². The number of primary amides is 1. The Balaban J connectivity index is 1.42. The average Bonchev–Trinajstić information content (AvgIpc) is 3.26. The van der Waals surface area contributed by atoms with Crippen LogP contribution >= 0.6 is 23.2 Å². The predicted molar refractivity (Wildman–Crippen MR) is 151 cm³/mol. The van der Waals surface area contributed by atoms with Gasteiger partial charge in [-0.3, -0.25) is 14.6 Å². The van der Waals surface area contributed by atoms with Crippen LogP contribution < -0.4 is 15.8 Å². The number of hydrogen-bond acceptors (Lipinski definition) is 5. The number of aromatic nitrogens is 3. The zero-order chi connectivity index (χ0) is 27.4. The molecule has 2 amide bonds. The number of nitrogens with one attached hydrogen (secondary N) is 1. The number of pyridine rings is 1. The van der Waals surface area contributed by atoms with Gasteiger partial charge in [0.25, 0.3) is 5.91 Å². The zero-order valence-corrected chi connectivity index (χ0v) is 22.1. The molecule has 0 atom stereocenters. The van der Waals surface area contributed by atoms with Gasteiger partial charge in [0.2, 0.25) is 5.91 Å². The smallest absolute Gasteiger partial charge is 0.251 e. The van der Waals surface area contributed by atoms with Crippen LogP contribution in [0, 0.1) is 0 Å². The van der Waals surface area contributed by atoms with E-state index in [1.807, 2.05) is 30.3 Å². The second-order valence-electron chi connectivity index (χ2n) is 8.75. The molecule has 2 aromatic heterocycles. The number of hydrogen-bond donors (Lipinski definition) is 2. The summed E-state index contributed by atoms with van der Waals surface area (Å²) in [5.41, 5.74) is 8.82.